The van der Waals surface area contributed by atoms with Crippen molar-refractivity contribution in [2.75, 3.05) is 11.4 Å². The largest absolute Gasteiger partial charge is 0.310 e. The lowest BCUT2D eigenvalue weighted by atomic mass is 10.2. The Morgan fingerprint density at radius 2 is 1.93 bits per heavy atom. The number of H-pyrrole nitrogens is 1. The lowest BCUT2D eigenvalue weighted by molar-refractivity contribution is -0.117. The molecule has 1 aromatic heterocycles. The number of benzene rings is 2. The molecular weight excluding hydrogens is 394 g/mol. The summed E-state index contributed by atoms with van der Waals surface area (Å²) in [5.74, 6) is 0.547. The predicted molar refractivity (Wildman–Crippen MR) is 121 cm³/mol. The first-order valence-electron chi connectivity index (χ1n) is 9.64. The van der Waals surface area contributed by atoms with Crippen LogP contribution in [0.25, 0.3) is 12.2 Å². The van der Waals surface area contributed by atoms with E-state index in [0.29, 0.717) is 17.5 Å². The van der Waals surface area contributed by atoms with Crippen LogP contribution < -0.4 is 4.90 Å². The van der Waals surface area contributed by atoms with E-state index < -0.39 is 5.25 Å². The van der Waals surface area contributed by atoms with Crippen molar-refractivity contribution in [3.63, 3.8) is 0 Å². The highest BCUT2D eigenvalue weighted by Crippen LogP contribution is 2.24. The van der Waals surface area contributed by atoms with Gasteiger partial charge in [-0.1, -0.05) is 65.9 Å². The lowest BCUT2D eigenvalue weighted by Crippen LogP contribution is -2.37. The summed E-state index contributed by atoms with van der Waals surface area (Å²) in [5.41, 5.74) is 2.97. The van der Waals surface area contributed by atoms with E-state index in [4.69, 9.17) is 5.26 Å². The van der Waals surface area contributed by atoms with Gasteiger partial charge >= 0.3 is 0 Å². The molecule has 7 heteroatoms. The van der Waals surface area contributed by atoms with Gasteiger partial charge in [0.25, 0.3) is 0 Å². The Bertz CT molecular complexity index is 1040. The van der Waals surface area contributed by atoms with E-state index in [9.17, 15) is 4.79 Å². The first kappa shape index (κ1) is 21.3. The number of aryl methyl sites for hydroxylation is 1. The Morgan fingerprint density at radius 3 is 2.63 bits per heavy atom. The number of amides is 1. The fraction of sp³-hybridized carbons (Fsp3) is 0.217. The zero-order chi connectivity index (χ0) is 21.3. The molecule has 0 spiro atoms. The van der Waals surface area contributed by atoms with E-state index >= 15 is 0 Å². The van der Waals surface area contributed by atoms with Crippen LogP contribution in [0.3, 0.4) is 0 Å². The standard InChI is InChI=1S/C23H23N5OS/c1-17-9-12-20(13-10-17)28(16-6-15-24)22(29)18(2)30-23-25-21(26-27-23)14-11-19-7-4-3-5-8-19/h3-5,7-14,18H,6,16H2,1-2H3,(H,25,26,27)/b14-11+. The normalized spacial score (nSPS) is 11.9. The van der Waals surface area contributed by atoms with Crippen LogP contribution in [0.2, 0.25) is 0 Å². The van der Waals surface area contributed by atoms with E-state index in [1.54, 1.807) is 4.90 Å². The molecule has 0 saturated heterocycles. The van der Waals surface area contributed by atoms with Crippen LogP contribution in [0.1, 0.15) is 30.3 Å². The molecule has 0 aliphatic rings. The molecule has 1 amide bonds. The van der Waals surface area contributed by atoms with Crippen molar-refractivity contribution in [1.29, 1.82) is 5.26 Å². The molecule has 1 atom stereocenters. The number of nitriles is 1. The van der Waals surface area contributed by atoms with Crippen molar-refractivity contribution in [1.82, 2.24) is 15.2 Å². The topological polar surface area (TPSA) is 85.7 Å². The Labute approximate surface area is 180 Å². The van der Waals surface area contributed by atoms with Gasteiger partial charge < -0.3 is 4.90 Å². The van der Waals surface area contributed by atoms with Gasteiger partial charge in [0.15, 0.2) is 0 Å². The number of nitrogens with zero attached hydrogens (tertiary/aromatic N) is 4. The Balaban J connectivity index is 1.67. The Kier molecular flexibility index (Phi) is 7.41. The highest BCUT2D eigenvalue weighted by molar-refractivity contribution is 8.00. The van der Waals surface area contributed by atoms with E-state index in [1.807, 2.05) is 80.6 Å². The number of thioether (sulfide) groups is 1. The molecule has 1 N–H and O–H groups in total. The van der Waals surface area contributed by atoms with Gasteiger partial charge in [-0.25, -0.2) is 4.98 Å². The second-order valence-electron chi connectivity index (χ2n) is 6.74. The van der Waals surface area contributed by atoms with E-state index in [0.717, 1.165) is 16.8 Å². The predicted octanol–water partition coefficient (Wildman–Crippen LogP) is 4.71. The van der Waals surface area contributed by atoms with Crippen molar-refractivity contribution in [2.45, 2.75) is 30.7 Å². The summed E-state index contributed by atoms with van der Waals surface area (Å²) in [5, 5.41) is 16.2. The summed E-state index contributed by atoms with van der Waals surface area (Å²) < 4.78 is 0. The van der Waals surface area contributed by atoms with Crippen LogP contribution in [0, 0.1) is 18.3 Å². The highest BCUT2D eigenvalue weighted by Gasteiger charge is 2.24. The number of hydrogen-bond acceptors (Lipinski definition) is 5. The molecule has 0 aliphatic heterocycles. The maximum absolute atomic E-state index is 13.1. The number of hydrogen-bond donors (Lipinski definition) is 1. The van der Waals surface area contributed by atoms with E-state index in [1.165, 1.54) is 11.8 Å². The second-order valence-corrected chi connectivity index (χ2v) is 8.05. The second kappa shape index (κ2) is 10.4. The van der Waals surface area contributed by atoms with Gasteiger partial charge in [-0.2, -0.15) is 5.26 Å². The minimum absolute atomic E-state index is 0.0784. The van der Waals surface area contributed by atoms with Gasteiger partial charge in [0, 0.05) is 12.2 Å². The van der Waals surface area contributed by atoms with Crippen LogP contribution in [-0.4, -0.2) is 32.9 Å². The molecule has 6 nitrogen and oxygen atoms in total. The molecule has 2 aromatic carbocycles. The maximum atomic E-state index is 13.1. The molecule has 30 heavy (non-hydrogen) atoms. The van der Waals surface area contributed by atoms with Crippen molar-refractivity contribution in [3.8, 4) is 6.07 Å². The van der Waals surface area contributed by atoms with Crippen LogP contribution in [-0.2, 0) is 4.79 Å². The first-order chi connectivity index (χ1) is 14.6. The van der Waals surface area contributed by atoms with Gasteiger partial charge in [-0.05, 0) is 37.6 Å². The number of rotatable bonds is 8. The van der Waals surface area contributed by atoms with E-state index in [2.05, 4.69) is 21.3 Å². The monoisotopic (exact) mass is 417 g/mol. The summed E-state index contributed by atoms with van der Waals surface area (Å²) >= 11 is 1.29. The zero-order valence-corrected chi connectivity index (χ0v) is 17.8. The van der Waals surface area contributed by atoms with Crippen LogP contribution in [0.15, 0.2) is 59.8 Å². The molecule has 0 radical (unpaired) electrons. The Morgan fingerprint density at radius 1 is 1.20 bits per heavy atom. The summed E-state index contributed by atoms with van der Waals surface area (Å²) in [7, 11) is 0. The zero-order valence-electron chi connectivity index (χ0n) is 16.9. The third-order valence-corrected chi connectivity index (χ3v) is 5.35. The smallest absolute Gasteiger partial charge is 0.240 e. The number of aromatic nitrogens is 3. The fourth-order valence-corrected chi connectivity index (χ4v) is 3.60. The first-order valence-corrected chi connectivity index (χ1v) is 10.5. The quantitative estimate of drug-likeness (QED) is 0.537. The number of anilines is 1. The Hall–Kier alpha value is -3.37. The molecular formula is C23H23N5OS. The maximum Gasteiger partial charge on any atom is 0.240 e. The molecule has 0 saturated carbocycles. The fourth-order valence-electron chi connectivity index (χ4n) is 2.81. The average molecular weight is 418 g/mol. The molecule has 3 rings (SSSR count). The number of nitrogens with one attached hydrogen (secondary N) is 1. The van der Waals surface area contributed by atoms with Gasteiger partial charge in [0.1, 0.15) is 5.82 Å². The highest BCUT2D eigenvalue weighted by atomic mass is 32.2. The van der Waals surface area contributed by atoms with Crippen molar-refractivity contribution in [3.05, 3.63) is 71.5 Å². The average Bonchev–Trinajstić information content (AvgIpc) is 3.21. The van der Waals surface area contributed by atoms with Gasteiger partial charge in [-0.3, -0.25) is 9.89 Å². The summed E-state index contributed by atoms with van der Waals surface area (Å²) in [6, 6.07) is 19.8. The van der Waals surface area contributed by atoms with E-state index in [-0.39, 0.29) is 12.3 Å². The van der Waals surface area contributed by atoms with Crippen LogP contribution >= 0.6 is 11.8 Å². The van der Waals surface area contributed by atoms with Crippen LogP contribution in [0.4, 0.5) is 5.69 Å². The van der Waals surface area contributed by atoms with Crippen molar-refractivity contribution < 1.29 is 4.79 Å². The lowest BCUT2D eigenvalue weighted by Gasteiger charge is -2.24. The molecule has 1 heterocycles. The van der Waals surface area contributed by atoms with Gasteiger partial charge in [0.2, 0.25) is 11.1 Å². The third kappa shape index (κ3) is 5.82. The summed E-state index contributed by atoms with van der Waals surface area (Å²) in [6.07, 6.45) is 4.07. The molecule has 0 fully saturated rings. The number of aromatic amines is 1. The molecule has 1 unspecified atom stereocenters. The SMILES string of the molecule is Cc1ccc(N(CCC#N)C(=O)C(C)Sc2n[nH]c(/C=C/c3ccccc3)n2)cc1. The molecule has 0 bridgehead atoms. The molecule has 0 aliphatic carbocycles. The van der Waals surface area contributed by atoms with Crippen LogP contribution in [0.5, 0.6) is 0 Å². The van der Waals surface area contributed by atoms with Crippen molar-refractivity contribution in [2.24, 2.45) is 0 Å². The molecule has 3 aromatic rings. The summed E-state index contributed by atoms with van der Waals surface area (Å²) in [6.45, 7) is 4.18. The minimum Gasteiger partial charge on any atom is -0.310 e. The third-order valence-electron chi connectivity index (χ3n) is 4.40. The minimum atomic E-state index is -0.397. The molecule has 152 valence electrons. The van der Waals surface area contributed by atoms with Crippen molar-refractivity contribution >= 4 is 35.5 Å². The van der Waals surface area contributed by atoms with Gasteiger partial charge in [-0.15, -0.1) is 5.10 Å². The number of carbonyl (C=O) groups is 1. The van der Waals surface area contributed by atoms with Gasteiger partial charge in [0.05, 0.1) is 17.7 Å². The number of carbonyl (C=O) groups excluding carboxylic acids is 1. The summed E-state index contributed by atoms with van der Waals surface area (Å²) in [4.78, 5) is 19.2.